The molecular weight excluding hydrogens is 266 g/mol. The molecule has 4 rings (SSSR count). The molecule has 1 saturated carbocycles. The van der Waals surface area contributed by atoms with Gasteiger partial charge in [-0.15, -0.1) is 0 Å². The van der Waals surface area contributed by atoms with Crippen LogP contribution < -0.4 is 0 Å². The highest BCUT2D eigenvalue weighted by molar-refractivity contribution is 5.29. The largest absolute Gasteiger partial charge is 0.289 e. The summed E-state index contributed by atoms with van der Waals surface area (Å²) in [6, 6.07) is 22.3. The summed E-state index contributed by atoms with van der Waals surface area (Å²) in [4.78, 5) is 2.78. The van der Waals surface area contributed by atoms with E-state index in [1.54, 1.807) is 5.56 Å². The van der Waals surface area contributed by atoms with E-state index < -0.39 is 0 Å². The monoisotopic (exact) mass is 291 g/mol. The quantitative estimate of drug-likeness (QED) is 0.771. The average molecular weight is 291 g/mol. The van der Waals surface area contributed by atoms with Crippen LogP contribution in [0.4, 0.5) is 0 Å². The van der Waals surface area contributed by atoms with E-state index >= 15 is 0 Å². The lowest BCUT2D eigenvalue weighted by Gasteiger charge is -2.46. The fourth-order valence-electron chi connectivity index (χ4n) is 4.85. The first kappa shape index (κ1) is 14.0. The van der Waals surface area contributed by atoms with Crippen LogP contribution in [0.1, 0.15) is 43.2 Å². The van der Waals surface area contributed by atoms with Gasteiger partial charge in [-0.3, -0.25) is 4.90 Å². The van der Waals surface area contributed by atoms with Crippen LogP contribution in [-0.2, 0) is 12.1 Å². The van der Waals surface area contributed by atoms with E-state index in [9.17, 15) is 0 Å². The maximum atomic E-state index is 2.78. The Morgan fingerprint density at radius 2 is 1.59 bits per heavy atom. The van der Waals surface area contributed by atoms with Crippen molar-refractivity contribution in [2.45, 2.75) is 44.2 Å². The standard InChI is InChI=1S/C21H25N/c1-3-9-18(10-4-1)17-22-16-14-20-13-7-8-15-21(20,22)19-11-5-2-6-12-19/h1-6,9-12,20H,7-8,13-17H2/t20-,21+/m0/s1. The predicted molar refractivity (Wildman–Crippen MR) is 91.5 cm³/mol. The Morgan fingerprint density at radius 1 is 0.864 bits per heavy atom. The maximum absolute atomic E-state index is 2.78. The van der Waals surface area contributed by atoms with Crippen molar-refractivity contribution in [1.29, 1.82) is 0 Å². The number of rotatable bonds is 3. The summed E-state index contributed by atoms with van der Waals surface area (Å²) in [5.74, 6) is 0.840. The number of hydrogen-bond acceptors (Lipinski definition) is 1. The van der Waals surface area contributed by atoms with Gasteiger partial charge in [0.25, 0.3) is 0 Å². The van der Waals surface area contributed by atoms with Gasteiger partial charge in [0.2, 0.25) is 0 Å². The lowest BCUT2D eigenvalue weighted by Crippen LogP contribution is -2.46. The fraction of sp³-hybridized carbons (Fsp3) is 0.429. The molecule has 22 heavy (non-hydrogen) atoms. The van der Waals surface area contributed by atoms with E-state index in [-0.39, 0.29) is 5.54 Å². The van der Waals surface area contributed by atoms with Gasteiger partial charge in [0, 0.05) is 12.1 Å². The van der Waals surface area contributed by atoms with E-state index in [0.717, 1.165) is 12.5 Å². The SMILES string of the molecule is c1ccc(CN2CC[C@@H]3CCCC[C@@]32c2ccccc2)cc1. The molecule has 1 nitrogen and oxygen atoms in total. The molecule has 1 heteroatoms. The summed E-state index contributed by atoms with van der Waals surface area (Å²) in [5, 5.41) is 0. The highest BCUT2D eigenvalue weighted by atomic mass is 15.2. The minimum atomic E-state index is 0.287. The number of hydrogen-bond donors (Lipinski definition) is 0. The van der Waals surface area contributed by atoms with Gasteiger partial charge >= 0.3 is 0 Å². The van der Waals surface area contributed by atoms with Crippen LogP contribution in [0.25, 0.3) is 0 Å². The zero-order valence-electron chi connectivity index (χ0n) is 13.2. The van der Waals surface area contributed by atoms with Crippen LogP contribution >= 0.6 is 0 Å². The van der Waals surface area contributed by atoms with Gasteiger partial charge in [-0.05, 0) is 42.9 Å². The summed E-state index contributed by atoms with van der Waals surface area (Å²) in [6.07, 6.45) is 6.88. The Balaban J connectivity index is 1.71. The molecule has 2 aromatic rings. The van der Waals surface area contributed by atoms with E-state index in [1.807, 2.05) is 0 Å². The zero-order valence-corrected chi connectivity index (χ0v) is 13.2. The number of nitrogens with zero attached hydrogens (tertiary/aromatic N) is 1. The summed E-state index contributed by atoms with van der Waals surface area (Å²) < 4.78 is 0. The van der Waals surface area contributed by atoms with Gasteiger partial charge in [-0.1, -0.05) is 73.5 Å². The smallest absolute Gasteiger partial charge is 0.0492 e. The molecular formula is C21H25N. The van der Waals surface area contributed by atoms with Gasteiger partial charge in [0.15, 0.2) is 0 Å². The molecule has 2 atom stereocenters. The second-order valence-electron chi connectivity index (χ2n) is 6.93. The minimum absolute atomic E-state index is 0.287. The molecule has 1 saturated heterocycles. The molecule has 1 heterocycles. The molecule has 114 valence electrons. The molecule has 1 aliphatic heterocycles. The third kappa shape index (κ3) is 2.28. The Bertz CT molecular complexity index is 606. The van der Waals surface area contributed by atoms with E-state index in [1.165, 1.54) is 44.2 Å². The second kappa shape index (κ2) is 5.89. The number of likely N-dealkylation sites (tertiary alicyclic amines) is 1. The fourth-order valence-corrected chi connectivity index (χ4v) is 4.85. The van der Waals surface area contributed by atoms with Crippen LogP contribution in [0.2, 0.25) is 0 Å². The molecule has 2 fully saturated rings. The topological polar surface area (TPSA) is 3.24 Å². The molecule has 0 radical (unpaired) electrons. The minimum Gasteiger partial charge on any atom is -0.289 e. The van der Waals surface area contributed by atoms with Crippen molar-refractivity contribution in [1.82, 2.24) is 4.90 Å². The summed E-state index contributed by atoms with van der Waals surface area (Å²) in [7, 11) is 0. The van der Waals surface area contributed by atoms with E-state index in [4.69, 9.17) is 0 Å². The zero-order chi connectivity index (χ0) is 14.8. The second-order valence-corrected chi connectivity index (χ2v) is 6.93. The molecule has 2 aliphatic rings. The van der Waals surface area contributed by atoms with E-state index in [2.05, 4.69) is 65.6 Å². The summed E-state index contributed by atoms with van der Waals surface area (Å²) in [5.41, 5.74) is 3.28. The lowest BCUT2D eigenvalue weighted by molar-refractivity contribution is 0.0538. The Kier molecular flexibility index (Phi) is 3.75. The normalized spacial score (nSPS) is 28.5. The summed E-state index contributed by atoms with van der Waals surface area (Å²) in [6.45, 7) is 2.33. The molecule has 2 aromatic carbocycles. The van der Waals surface area contributed by atoms with Gasteiger partial charge < -0.3 is 0 Å². The Morgan fingerprint density at radius 3 is 2.36 bits per heavy atom. The maximum Gasteiger partial charge on any atom is 0.0492 e. The van der Waals surface area contributed by atoms with Crippen LogP contribution in [0.5, 0.6) is 0 Å². The highest BCUT2D eigenvalue weighted by Gasteiger charge is 2.50. The van der Waals surface area contributed by atoms with Crippen LogP contribution in [0.15, 0.2) is 60.7 Å². The lowest BCUT2D eigenvalue weighted by atomic mass is 9.69. The first-order chi connectivity index (χ1) is 10.9. The van der Waals surface area contributed by atoms with Crippen molar-refractivity contribution in [3.8, 4) is 0 Å². The first-order valence-corrected chi connectivity index (χ1v) is 8.74. The van der Waals surface area contributed by atoms with Gasteiger partial charge in [0.1, 0.15) is 0 Å². The van der Waals surface area contributed by atoms with Crippen molar-refractivity contribution in [3.63, 3.8) is 0 Å². The first-order valence-electron chi connectivity index (χ1n) is 8.74. The van der Waals surface area contributed by atoms with Gasteiger partial charge in [0.05, 0.1) is 0 Å². The van der Waals surface area contributed by atoms with Gasteiger partial charge in [-0.2, -0.15) is 0 Å². The van der Waals surface area contributed by atoms with Gasteiger partial charge in [-0.25, -0.2) is 0 Å². The van der Waals surface area contributed by atoms with Crippen LogP contribution in [0, 0.1) is 5.92 Å². The number of fused-ring (bicyclic) bond motifs is 1. The third-order valence-electron chi connectivity index (χ3n) is 5.84. The Labute approximate surface area is 134 Å². The van der Waals surface area contributed by atoms with Crippen LogP contribution in [0.3, 0.4) is 0 Å². The van der Waals surface area contributed by atoms with Crippen molar-refractivity contribution in [3.05, 3.63) is 71.8 Å². The molecule has 0 amide bonds. The average Bonchev–Trinajstić information content (AvgIpc) is 2.96. The highest BCUT2D eigenvalue weighted by Crippen LogP contribution is 2.52. The van der Waals surface area contributed by atoms with Crippen molar-refractivity contribution in [2.75, 3.05) is 6.54 Å². The summed E-state index contributed by atoms with van der Waals surface area (Å²) >= 11 is 0. The van der Waals surface area contributed by atoms with E-state index in [0.29, 0.717) is 0 Å². The molecule has 0 aromatic heterocycles. The number of benzene rings is 2. The molecule has 0 spiro atoms. The van der Waals surface area contributed by atoms with Crippen LogP contribution in [-0.4, -0.2) is 11.4 Å². The molecule has 1 aliphatic carbocycles. The molecule has 0 unspecified atom stereocenters. The van der Waals surface area contributed by atoms with Crippen molar-refractivity contribution < 1.29 is 0 Å². The Hall–Kier alpha value is -1.60. The molecule has 0 bridgehead atoms. The van der Waals surface area contributed by atoms with Crippen molar-refractivity contribution in [2.24, 2.45) is 5.92 Å². The molecule has 0 N–H and O–H groups in total. The van der Waals surface area contributed by atoms with Crippen molar-refractivity contribution >= 4 is 0 Å². The predicted octanol–water partition coefficient (Wildman–Crippen LogP) is 4.98. The third-order valence-corrected chi connectivity index (χ3v) is 5.84.